The average molecular weight is 405 g/mol. The van der Waals surface area contributed by atoms with Gasteiger partial charge in [-0.25, -0.2) is 0 Å². The number of carbonyl (C=O) groups is 2. The molecule has 0 radical (unpaired) electrons. The van der Waals surface area contributed by atoms with Gasteiger partial charge < -0.3 is 9.47 Å². The molecule has 0 amide bonds. The van der Waals surface area contributed by atoms with Crippen molar-refractivity contribution in [2.24, 2.45) is 28.6 Å². The quantitative estimate of drug-likeness (QED) is 0.436. The Kier molecular flexibility index (Phi) is 6.50. The number of fused-ring (bicyclic) bond motifs is 1. The molecule has 4 nitrogen and oxygen atoms in total. The van der Waals surface area contributed by atoms with E-state index in [4.69, 9.17) is 9.47 Å². The molecule has 7 atom stereocenters. The fraction of sp³-hybridized carbons (Fsp3) is 0.840. The molecule has 29 heavy (non-hydrogen) atoms. The molecule has 0 aromatic carbocycles. The third-order valence-electron chi connectivity index (χ3n) is 8.81. The van der Waals surface area contributed by atoms with Crippen LogP contribution in [0.25, 0.3) is 0 Å². The van der Waals surface area contributed by atoms with Crippen LogP contribution in [-0.2, 0) is 19.1 Å². The van der Waals surface area contributed by atoms with E-state index in [1.807, 2.05) is 0 Å². The van der Waals surface area contributed by atoms with E-state index in [0.717, 1.165) is 25.7 Å². The highest BCUT2D eigenvalue weighted by atomic mass is 16.6. The SMILES string of the molecule is CC(=O)O[C@@H]1CC[C@H](OC(C)=O)[C@H](C[C@]2(C)[C@H](C)CC[C@@]3(C)C(C)=CCC[C@H]23)C1. The molecule has 0 saturated heterocycles. The standard InChI is InChI=1S/C25H40O4/c1-16-8-7-9-23-24(16,5)13-12-17(2)25(23,6)15-20-14-21(28-18(3)26)10-11-22(20)29-19(4)27/h8,17,20-23H,7,9-15H2,1-6H3/t17-,20+,21-,22+,23+,24+,25-/m1/s1. The summed E-state index contributed by atoms with van der Waals surface area (Å²) in [4.78, 5) is 23.3. The summed E-state index contributed by atoms with van der Waals surface area (Å²) in [7, 11) is 0. The molecule has 3 rings (SSSR count). The van der Waals surface area contributed by atoms with Gasteiger partial charge in [0.2, 0.25) is 0 Å². The van der Waals surface area contributed by atoms with Gasteiger partial charge in [0, 0.05) is 13.8 Å². The van der Waals surface area contributed by atoms with Crippen LogP contribution in [0.4, 0.5) is 0 Å². The van der Waals surface area contributed by atoms with Crippen molar-refractivity contribution in [2.75, 3.05) is 0 Å². The van der Waals surface area contributed by atoms with Crippen molar-refractivity contribution >= 4 is 11.9 Å². The number of rotatable bonds is 4. The number of allylic oxidation sites excluding steroid dienone is 2. The highest BCUT2D eigenvalue weighted by molar-refractivity contribution is 5.66. The van der Waals surface area contributed by atoms with E-state index in [1.54, 1.807) is 5.57 Å². The molecule has 2 fully saturated rings. The summed E-state index contributed by atoms with van der Waals surface area (Å²) < 4.78 is 11.3. The third kappa shape index (κ3) is 4.41. The van der Waals surface area contributed by atoms with Crippen LogP contribution in [-0.4, -0.2) is 24.1 Å². The molecule has 3 aliphatic carbocycles. The van der Waals surface area contributed by atoms with E-state index < -0.39 is 0 Å². The number of esters is 2. The van der Waals surface area contributed by atoms with Gasteiger partial charge in [0.25, 0.3) is 0 Å². The van der Waals surface area contributed by atoms with Crippen molar-refractivity contribution in [1.82, 2.24) is 0 Å². The Morgan fingerprint density at radius 3 is 2.41 bits per heavy atom. The molecular formula is C25H40O4. The lowest BCUT2D eigenvalue weighted by Crippen LogP contribution is -2.52. The molecule has 0 N–H and O–H groups in total. The maximum atomic E-state index is 11.8. The van der Waals surface area contributed by atoms with Crippen LogP contribution >= 0.6 is 0 Å². The van der Waals surface area contributed by atoms with Gasteiger partial charge in [0.05, 0.1) is 0 Å². The van der Waals surface area contributed by atoms with Crippen LogP contribution < -0.4 is 0 Å². The Balaban J connectivity index is 1.86. The lowest BCUT2D eigenvalue weighted by atomic mass is 9.46. The van der Waals surface area contributed by atoms with Crippen LogP contribution in [0.5, 0.6) is 0 Å². The molecule has 0 aromatic rings. The minimum Gasteiger partial charge on any atom is -0.463 e. The second-order valence-corrected chi connectivity index (χ2v) is 10.5. The van der Waals surface area contributed by atoms with Gasteiger partial charge in [-0.1, -0.05) is 32.4 Å². The maximum Gasteiger partial charge on any atom is 0.302 e. The molecule has 164 valence electrons. The zero-order chi connectivity index (χ0) is 21.4. The molecule has 0 heterocycles. The largest absolute Gasteiger partial charge is 0.463 e. The van der Waals surface area contributed by atoms with E-state index in [2.05, 4.69) is 33.8 Å². The molecule has 2 saturated carbocycles. The zero-order valence-corrected chi connectivity index (χ0v) is 19.3. The molecule has 4 heteroatoms. The van der Waals surface area contributed by atoms with Crippen LogP contribution in [0, 0.1) is 28.6 Å². The highest BCUT2D eigenvalue weighted by Gasteiger charge is 2.54. The Hall–Kier alpha value is -1.32. The van der Waals surface area contributed by atoms with Gasteiger partial charge in [-0.05, 0) is 86.9 Å². The average Bonchev–Trinajstić information content (AvgIpc) is 2.62. The second-order valence-electron chi connectivity index (χ2n) is 10.5. The third-order valence-corrected chi connectivity index (χ3v) is 8.81. The first-order chi connectivity index (χ1) is 13.6. The smallest absolute Gasteiger partial charge is 0.302 e. The Bertz CT molecular complexity index is 668. The Morgan fingerprint density at radius 1 is 1.07 bits per heavy atom. The van der Waals surface area contributed by atoms with Gasteiger partial charge in [-0.3, -0.25) is 9.59 Å². The van der Waals surface area contributed by atoms with Crippen molar-refractivity contribution in [2.45, 2.75) is 105 Å². The minimum atomic E-state index is -0.211. The fourth-order valence-corrected chi connectivity index (χ4v) is 6.94. The zero-order valence-electron chi connectivity index (χ0n) is 19.3. The first-order valence-corrected chi connectivity index (χ1v) is 11.6. The van der Waals surface area contributed by atoms with Crippen molar-refractivity contribution in [3.63, 3.8) is 0 Å². The molecule has 0 aliphatic heterocycles. The van der Waals surface area contributed by atoms with E-state index in [-0.39, 0.29) is 40.9 Å². The number of ether oxygens (including phenoxy) is 2. The Labute approximate surface area is 176 Å². The van der Waals surface area contributed by atoms with Crippen molar-refractivity contribution < 1.29 is 19.1 Å². The van der Waals surface area contributed by atoms with Gasteiger partial charge in [-0.2, -0.15) is 0 Å². The molecule has 0 spiro atoms. The van der Waals surface area contributed by atoms with E-state index in [0.29, 0.717) is 11.8 Å². The molecular weight excluding hydrogens is 364 g/mol. The number of carbonyl (C=O) groups excluding carboxylic acids is 2. The molecule has 0 bridgehead atoms. The normalized spacial score (nSPS) is 42.4. The van der Waals surface area contributed by atoms with E-state index in [9.17, 15) is 9.59 Å². The summed E-state index contributed by atoms with van der Waals surface area (Å²) in [5.41, 5.74) is 2.04. The monoisotopic (exact) mass is 404 g/mol. The van der Waals surface area contributed by atoms with Crippen LogP contribution in [0.2, 0.25) is 0 Å². The summed E-state index contributed by atoms with van der Waals surface area (Å²) in [5.74, 6) is 1.12. The van der Waals surface area contributed by atoms with Crippen LogP contribution in [0.3, 0.4) is 0 Å². The number of hydrogen-bond donors (Lipinski definition) is 0. The summed E-state index contributed by atoms with van der Waals surface area (Å²) >= 11 is 0. The summed E-state index contributed by atoms with van der Waals surface area (Å²) in [6.07, 6.45) is 10.7. The Morgan fingerprint density at radius 2 is 1.76 bits per heavy atom. The second kappa shape index (κ2) is 8.43. The van der Waals surface area contributed by atoms with Gasteiger partial charge in [0.1, 0.15) is 12.2 Å². The van der Waals surface area contributed by atoms with Crippen LogP contribution in [0.1, 0.15) is 92.9 Å². The lowest BCUT2D eigenvalue weighted by molar-refractivity contribution is -0.163. The first kappa shape index (κ1) is 22.4. The van der Waals surface area contributed by atoms with Crippen molar-refractivity contribution in [1.29, 1.82) is 0 Å². The summed E-state index contributed by atoms with van der Waals surface area (Å²) in [6, 6.07) is 0. The predicted molar refractivity (Wildman–Crippen MR) is 114 cm³/mol. The van der Waals surface area contributed by atoms with Gasteiger partial charge in [-0.15, -0.1) is 0 Å². The van der Waals surface area contributed by atoms with Gasteiger partial charge in [0.15, 0.2) is 0 Å². The summed E-state index contributed by atoms with van der Waals surface area (Å²) in [5, 5.41) is 0. The van der Waals surface area contributed by atoms with E-state index >= 15 is 0 Å². The van der Waals surface area contributed by atoms with Crippen molar-refractivity contribution in [3.8, 4) is 0 Å². The topological polar surface area (TPSA) is 52.6 Å². The first-order valence-electron chi connectivity index (χ1n) is 11.6. The number of hydrogen-bond acceptors (Lipinski definition) is 4. The van der Waals surface area contributed by atoms with Crippen LogP contribution in [0.15, 0.2) is 11.6 Å². The lowest BCUT2D eigenvalue weighted by Gasteiger charge is -2.59. The predicted octanol–water partition coefficient (Wildman–Crippen LogP) is 5.84. The van der Waals surface area contributed by atoms with Crippen molar-refractivity contribution in [3.05, 3.63) is 11.6 Å². The van der Waals surface area contributed by atoms with Gasteiger partial charge >= 0.3 is 11.9 Å². The summed E-state index contributed by atoms with van der Waals surface area (Å²) in [6.45, 7) is 12.7. The van der Waals surface area contributed by atoms with E-state index in [1.165, 1.54) is 39.5 Å². The maximum absolute atomic E-state index is 11.8. The molecule has 3 aliphatic rings. The fourth-order valence-electron chi connectivity index (χ4n) is 6.94. The molecule has 0 aromatic heterocycles. The molecule has 0 unspecified atom stereocenters. The minimum absolute atomic E-state index is 0.0498. The highest BCUT2D eigenvalue weighted by Crippen LogP contribution is 2.62.